The topological polar surface area (TPSA) is 96.5 Å². The van der Waals surface area contributed by atoms with Crippen molar-refractivity contribution < 1.29 is 19.1 Å². The predicted molar refractivity (Wildman–Crippen MR) is 110 cm³/mol. The first-order chi connectivity index (χ1) is 13.1. The van der Waals surface area contributed by atoms with Gasteiger partial charge in [-0.1, -0.05) is 46.8 Å². The van der Waals surface area contributed by atoms with Gasteiger partial charge < -0.3 is 20.7 Å². The Labute approximate surface area is 167 Å². The van der Waals surface area contributed by atoms with Gasteiger partial charge >= 0.3 is 5.97 Å². The first kappa shape index (κ1) is 23.6. The molecule has 1 aromatic rings. The minimum atomic E-state index is -0.348. The molecule has 1 aromatic carbocycles. The average Bonchev–Trinajstić information content (AvgIpc) is 2.63. The highest BCUT2D eigenvalue weighted by Gasteiger charge is 2.22. The molecule has 1 atom stereocenters. The summed E-state index contributed by atoms with van der Waals surface area (Å²) in [6.07, 6.45) is 0.337. The van der Waals surface area contributed by atoms with E-state index in [1.165, 1.54) is 0 Å². The number of amides is 2. The van der Waals surface area contributed by atoms with Crippen molar-refractivity contribution in [3.05, 3.63) is 29.3 Å². The fourth-order valence-corrected chi connectivity index (χ4v) is 2.62. The number of rotatable bonds is 10. The van der Waals surface area contributed by atoms with Gasteiger partial charge in [-0.2, -0.15) is 0 Å². The van der Waals surface area contributed by atoms with E-state index in [9.17, 15) is 14.4 Å². The summed E-state index contributed by atoms with van der Waals surface area (Å²) in [6.45, 7) is 11.6. The SMILES string of the molecule is CCC(=O)OCc1ccc(NC(=O)CNC(=O)C(NC(C)C)C(C)C)c(C)c1. The first-order valence-electron chi connectivity index (χ1n) is 9.72. The van der Waals surface area contributed by atoms with Gasteiger partial charge in [-0.25, -0.2) is 0 Å². The van der Waals surface area contributed by atoms with E-state index in [0.29, 0.717) is 12.1 Å². The van der Waals surface area contributed by atoms with E-state index in [1.54, 1.807) is 19.1 Å². The number of benzene rings is 1. The van der Waals surface area contributed by atoms with Crippen LogP contribution in [0.5, 0.6) is 0 Å². The Morgan fingerprint density at radius 3 is 2.32 bits per heavy atom. The van der Waals surface area contributed by atoms with E-state index < -0.39 is 0 Å². The van der Waals surface area contributed by atoms with Crippen molar-refractivity contribution in [2.75, 3.05) is 11.9 Å². The maximum atomic E-state index is 12.3. The van der Waals surface area contributed by atoms with Crippen LogP contribution in [-0.4, -0.2) is 36.4 Å². The van der Waals surface area contributed by atoms with Crippen LogP contribution >= 0.6 is 0 Å². The van der Waals surface area contributed by atoms with Crippen LogP contribution in [0, 0.1) is 12.8 Å². The summed E-state index contributed by atoms with van der Waals surface area (Å²) in [6, 6.07) is 5.25. The third kappa shape index (κ3) is 8.08. The van der Waals surface area contributed by atoms with Crippen molar-refractivity contribution in [2.45, 2.75) is 66.7 Å². The Hall–Kier alpha value is -2.41. The first-order valence-corrected chi connectivity index (χ1v) is 9.72. The highest BCUT2D eigenvalue weighted by atomic mass is 16.5. The molecule has 0 spiro atoms. The van der Waals surface area contributed by atoms with Crippen molar-refractivity contribution in [3.8, 4) is 0 Å². The molecule has 7 nitrogen and oxygen atoms in total. The summed E-state index contributed by atoms with van der Waals surface area (Å²) in [7, 11) is 0. The van der Waals surface area contributed by atoms with E-state index in [0.717, 1.165) is 11.1 Å². The molecule has 0 radical (unpaired) electrons. The van der Waals surface area contributed by atoms with Crippen molar-refractivity contribution in [3.63, 3.8) is 0 Å². The Balaban J connectivity index is 2.58. The molecule has 0 bridgehead atoms. The highest BCUT2D eigenvalue weighted by Crippen LogP contribution is 2.17. The quantitative estimate of drug-likeness (QED) is 0.533. The molecule has 0 aromatic heterocycles. The number of ether oxygens (including phenoxy) is 1. The van der Waals surface area contributed by atoms with Crippen LogP contribution in [0.25, 0.3) is 0 Å². The van der Waals surface area contributed by atoms with Gasteiger partial charge in [-0.3, -0.25) is 14.4 Å². The third-order valence-electron chi connectivity index (χ3n) is 4.14. The second-order valence-corrected chi connectivity index (χ2v) is 7.47. The summed E-state index contributed by atoms with van der Waals surface area (Å²) >= 11 is 0. The number of anilines is 1. The number of carbonyl (C=O) groups is 3. The largest absolute Gasteiger partial charge is 0.461 e. The normalized spacial score (nSPS) is 12.0. The van der Waals surface area contributed by atoms with Crippen molar-refractivity contribution >= 4 is 23.5 Å². The maximum Gasteiger partial charge on any atom is 0.305 e. The summed E-state index contributed by atoms with van der Waals surface area (Å²) in [4.78, 5) is 35.8. The summed E-state index contributed by atoms with van der Waals surface area (Å²) < 4.78 is 5.11. The smallest absolute Gasteiger partial charge is 0.305 e. The lowest BCUT2D eigenvalue weighted by atomic mass is 10.0. The van der Waals surface area contributed by atoms with E-state index in [1.807, 2.05) is 40.7 Å². The molecule has 0 aliphatic carbocycles. The Bertz CT molecular complexity index is 686. The van der Waals surface area contributed by atoms with Crippen LogP contribution in [0.2, 0.25) is 0 Å². The molecule has 3 N–H and O–H groups in total. The Kier molecular flexibility index (Phi) is 9.65. The minimum absolute atomic E-state index is 0.100. The average molecular weight is 392 g/mol. The van der Waals surface area contributed by atoms with Gasteiger partial charge in [0.2, 0.25) is 11.8 Å². The van der Waals surface area contributed by atoms with Crippen molar-refractivity contribution in [1.29, 1.82) is 0 Å². The van der Waals surface area contributed by atoms with E-state index in [2.05, 4.69) is 16.0 Å². The molecular weight excluding hydrogens is 358 g/mol. The molecule has 0 heterocycles. The van der Waals surface area contributed by atoms with Crippen LogP contribution in [0.1, 0.15) is 52.2 Å². The minimum Gasteiger partial charge on any atom is -0.461 e. The number of hydrogen-bond acceptors (Lipinski definition) is 5. The second-order valence-electron chi connectivity index (χ2n) is 7.47. The lowest BCUT2D eigenvalue weighted by Gasteiger charge is -2.23. The predicted octanol–water partition coefficient (Wildman–Crippen LogP) is 2.53. The van der Waals surface area contributed by atoms with Crippen LogP contribution in [0.4, 0.5) is 5.69 Å². The Morgan fingerprint density at radius 1 is 1.11 bits per heavy atom. The zero-order valence-corrected chi connectivity index (χ0v) is 17.7. The molecule has 28 heavy (non-hydrogen) atoms. The zero-order chi connectivity index (χ0) is 21.3. The zero-order valence-electron chi connectivity index (χ0n) is 17.7. The summed E-state index contributed by atoms with van der Waals surface area (Å²) in [5, 5.41) is 8.70. The van der Waals surface area contributed by atoms with Crippen LogP contribution in [-0.2, 0) is 25.7 Å². The van der Waals surface area contributed by atoms with Crippen molar-refractivity contribution in [2.24, 2.45) is 5.92 Å². The number of carbonyl (C=O) groups excluding carboxylic acids is 3. The number of nitrogens with one attached hydrogen (secondary N) is 3. The van der Waals surface area contributed by atoms with Crippen LogP contribution < -0.4 is 16.0 Å². The molecule has 156 valence electrons. The van der Waals surface area contributed by atoms with E-state index >= 15 is 0 Å². The van der Waals surface area contributed by atoms with Gasteiger partial charge in [-0.05, 0) is 30.0 Å². The number of aryl methyl sites for hydroxylation is 1. The molecular formula is C21H33N3O4. The maximum absolute atomic E-state index is 12.3. The number of esters is 1. The van der Waals surface area contributed by atoms with Gasteiger partial charge in [-0.15, -0.1) is 0 Å². The van der Waals surface area contributed by atoms with E-state index in [-0.39, 0.29) is 48.9 Å². The van der Waals surface area contributed by atoms with Gasteiger partial charge in [0.05, 0.1) is 12.6 Å². The molecule has 0 aliphatic heterocycles. The fourth-order valence-electron chi connectivity index (χ4n) is 2.62. The van der Waals surface area contributed by atoms with Crippen LogP contribution in [0.15, 0.2) is 18.2 Å². The molecule has 0 aliphatic rings. The lowest BCUT2D eigenvalue weighted by Crippen LogP contribution is -2.51. The monoisotopic (exact) mass is 391 g/mol. The molecule has 7 heteroatoms. The van der Waals surface area contributed by atoms with Gasteiger partial charge in [0.1, 0.15) is 6.61 Å². The van der Waals surface area contributed by atoms with E-state index in [4.69, 9.17) is 4.74 Å². The highest BCUT2D eigenvalue weighted by molar-refractivity contribution is 5.95. The molecule has 0 fully saturated rings. The standard InChI is InChI=1S/C21H33N3O4/c1-7-19(26)28-12-16-8-9-17(15(6)10-16)24-18(25)11-22-21(27)20(13(2)3)23-14(4)5/h8-10,13-14,20,23H,7,11-12H2,1-6H3,(H,22,27)(H,24,25). The second kappa shape index (κ2) is 11.4. The van der Waals surface area contributed by atoms with Gasteiger partial charge in [0, 0.05) is 18.2 Å². The molecule has 0 saturated carbocycles. The Morgan fingerprint density at radius 2 is 1.79 bits per heavy atom. The molecule has 1 rings (SSSR count). The summed E-state index contributed by atoms with van der Waals surface area (Å²) in [5.41, 5.74) is 2.36. The van der Waals surface area contributed by atoms with Gasteiger partial charge in [0.15, 0.2) is 0 Å². The van der Waals surface area contributed by atoms with Gasteiger partial charge in [0.25, 0.3) is 0 Å². The third-order valence-corrected chi connectivity index (χ3v) is 4.14. The summed E-state index contributed by atoms with van der Waals surface area (Å²) in [5.74, 6) is -0.628. The molecule has 1 unspecified atom stereocenters. The molecule has 2 amide bonds. The molecule has 0 saturated heterocycles. The van der Waals surface area contributed by atoms with Crippen LogP contribution in [0.3, 0.4) is 0 Å². The van der Waals surface area contributed by atoms with Crippen molar-refractivity contribution in [1.82, 2.24) is 10.6 Å². The fraction of sp³-hybridized carbons (Fsp3) is 0.571. The number of hydrogen-bond donors (Lipinski definition) is 3. The lowest BCUT2D eigenvalue weighted by molar-refractivity contribution is -0.144.